The van der Waals surface area contributed by atoms with Crippen molar-refractivity contribution in [2.75, 3.05) is 18.2 Å². The van der Waals surface area contributed by atoms with Gasteiger partial charge in [-0.3, -0.25) is 9.36 Å². The molecule has 1 amide bonds. The van der Waals surface area contributed by atoms with E-state index in [1.54, 1.807) is 18.2 Å². The summed E-state index contributed by atoms with van der Waals surface area (Å²) in [4.78, 5) is 17.0. The van der Waals surface area contributed by atoms with Gasteiger partial charge in [0, 0.05) is 22.3 Å². The van der Waals surface area contributed by atoms with Crippen LogP contribution in [0.1, 0.15) is 5.82 Å². The van der Waals surface area contributed by atoms with Gasteiger partial charge in [-0.2, -0.15) is 13.2 Å². The van der Waals surface area contributed by atoms with Gasteiger partial charge in [0.2, 0.25) is 11.7 Å². The van der Waals surface area contributed by atoms with Crippen LogP contribution in [0, 0.1) is 0 Å². The van der Waals surface area contributed by atoms with Crippen LogP contribution in [0.25, 0.3) is 16.7 Å². The first kappa shape index (κ1) is 21.8. The first-order valence-corrected chi connectivity index (χ1v) is 10.6. The number of benzene rings is 3. The van der Waals surface area contributed by atoms with E-state index in [9.17, 15) is 18.0 Å². The molecule has 1 N–H and O–H groups in total. The molecule has 4 rings (SSSR count). The molecule has 164 valence electrons. The fourth-order valence-corrected chi connectivity index (χ4v) is 3.91. The summed E-state index contributed by atoms with van der Waals surface area (Å²) in [6.07, 6.45) is -4.65. The molecule has 32 heavy (non-hydrogen) atoms. The van der Waals surface area contributed by atoms with E-state index < -0.39 is 12.0 Å². The number of ether oxygens (including phenoxy) is 1. The summed E-state index contributed by atoms with van der Waals surface area (Å²) in [6, 6.07) is 20.2. The topological polar surface area (TPSA) is 56.1 Å². The average Bonchev–Trinajstić information content (AvgIpc) is 3.18. The highest BCUT2D eigenvalue weighted by Crippen LogP contribution is 2.35. The molecule has 0 saturated carbocycles. The van der Waals surface area contributed by atoms with Crippen molar-refractivity contribution in [1.29, 1.82) is 0 Å². The minimum absolute atomic E-state index is 0.173. The number of thioether (sulfide) groups is 1. The molecule has 0 fully saturated rings. The monoisotopic (exact) mass is 457 g/mol. The van der Waals surface area contributed by atoms with E-state index in [4.69, 9.17) is 4.74 Å². The molecule has 0 aliphatic heterocycles. The molecule has 0 aliphatic rings. The van der Waals surface area contributed by atoms with Gasteiger partial charge in [0.25, 0.3) is 0 Å². The van der Waals surface area contributed by atoms with Gasteiger partial charge in [-0.1, -0.05) is 18.2 Å². The van der Waals surface area contributed by atoms with E-state index >= 15 is 0 Å². The molecule has 3 aromatic carbocycles. The highest BCUT2D eigenvalue weighted by molar-refractivity contribution is 8.00. The Kier molecular flexibility index (Phi) is 6.09. The molecular formula is C23H18F3N3O2S. The number of halogens is 3. The second-order valence-corrected chi connectivity index (χ2v) is 7.87. The van der Waals surface area contributed by atoms with Crippen molar-refractivity contribution >= 4 is 34.4 Å². The number of amides is 1. The number of rotatable bonds is 6. The van der Waals surface area contributed by atoms with Crippen LogP contribution in [-0.4, -0.2) is 28.3 Å². The Bertz CT molecular complexity index is 1240. The zero-order chi connectivity index (χ0) is 22.7. The number of carbonyl (C=O) groups excluding carboxylic acids is 1. The summed E-state index contributed by atoms with van der Waals surface area (Å²) in [5.74, 6) is -0.598. The minimum atomic E-state index is -4.65. The molecule has 0 bridgehead atoms. The largest absolute Gasteiger partial charge is 0.497 e. The van der Waals surface area contributed by atoms with Crippen molar-refractivity contribution in [3.63, 3.8) is 0 Å². The third-order valence-electron chi connectivity index (χ3n) is 4.64. The smallest absolute Gasteiger partial charge is 0.450 e. The zero-order valence-electron chi connectivity index (χ0n) is 16.9. The molecule has 0 saturated heterocycles. The number of fused-ring (bicyclic) bond motifs is 1. The normalized spacial score (nSPS) is 11.5. The van der Waals surface area contributed by atoms with Gasteiger partial charge in [-0.25, -0.2) is 4.98 Å². The first-order chi connectivity index (χ1) is 15.3. The van der Waals surface area contributed by atoms with E-state index in [1.165, 1.54) is 43.1 Å². The van der Waals surface area contributed by atoms with Crippen molar-refractivity contribution in [3.05, 3.63) is 78.6 Å². The summed E-state index contributed by atoms with van der Waals surface area (Å²) < 4.78 is 47.1. The maximum absolute atomic E-state index is 13.7. The van der Waals surface area contributed by atoms with Crippen LogP contribution < -0.4 is 10.1 Å². The maximum Gasteiger partial charge on any atom is 0.450 e. The van der Waals surface area contributed by atoms with E-state index in [1.807, 2.05) is 30.3 Å². The van der Waals surface area contributed by atoms with Crippen LogP contribution in [-0.2, 0) is 11.0 Å². The first-order valence-electron chi connectivity index (χ1n) is 9.57. The number of methoxy groups -OCH3 is 1. The van der Waals surface area contributed by atoms with E-state index in [0.29, 0.717) is 17.0 Å². The number of carbonyl (C=O) groups is 1. The highest BCUT2D eigenvalue weighted by Gasteiger charge is 2.38. The summed E-state index contributed by atoms with van der Waals surface area (Å²) in [5, 5.41) is 2.76. The lowest BCUT2D eigenvalue weighted by atomic mass is 10.2. The number of hydrogen-bond donors (Lipinski definition) is 1. The molecule has 0 spiro atoms. The molecule has 4 aromatic rings. The lowest BCUT2D eigenvalue weighted by Gasteiger charge is -2.12. The van der Waals surface area contributed by atoms with Gasteiger partial charge in [0.05, 0.1) is 23.9 Å². The molecule has 1 aromatic heterocycles. The average molecular weight is 457 g/mol. The van der Waals surface area contributed by atoms with Gasteiger partial charge in [0.1, 0.15) is 5.75 Å². The molecule has 0 atom stereocenters. The third kappa shape index (κ3) is 4.72. The molecule has 9 heteroatoms. The van der Waals surface area contributed by atoms with Crippen LogP contribution in [0.5, 0.6) is 5.75 Å². The zero-order valence-corrected chi connectivity index (χ0v) is 17.7. The van der Waals surface area contributed by atoms with Crippen molar-refractivity contribution in [2.45, 2.75) is 11.1 Å². The number of imidazole rings is 1. The van der Waals surface area contributed by atoms with Gasteiger partial charge >= 0.3 is 6.18 Å². The Morgan fingerprint density at radius 3 is 2.44 bits per heavy atom. The number of nitrogens with one attached hydrogen (secondary N) is 1. The molecular weight excluding hydrogens is 439 g/mol. The van der Waals surface area contributed by atoms with Crippen LogP contribution in [0.15, 0.2) is 77.7 Å². The van der Waals surface area contributed by atoms with Crippen molar-refractivity contribution in [1.82, 2.24) is 9.55 Å². The number of hydrogen-bond acceptors (Lipinski definition) is 4. The minimum Gasteiger partial charge on any atom is -0.497 e. The molecule has 0 aliphatic carbocycles. The van der Waals surface area contributed by atoms with E-state index in [0.717, 1.165) is 9.46 Å². The summed E-state index contributed by atoms with van der Waals surface area (Å²) in [7, 11) is 1.44. The Morgan fingerprint density at radius 2 is 1.78 bits per heavy atom. The third-order valence-corrected chi connectivity index (χ3v) is 5.65. The Balaban J connectivity index is 1.56. The van der Waals surface area contributed by atoms with Gasteiger partial charge < -0.3 is 10.1 Å². The fraction of sp³-hybridized carbons (Fsp3) is 0.130. The number of aromatic nitrogens is 2. The lowest BCUT2D eigenvalue weighted by molar-refractivity contribution is -0.145. The molecule has 0 radical (unpaired) electrons. The standard InChI is InChI=1S/C23H18F3N3O2S/c1-31-17-11-12-20-19(13-17)28-22(23(24,25)26)29(20)16-9-7-15(8-10-16)27-21(30)14-32-18-5-3-2-4-6-18/h2-13H,14H2,1H3,(H,27,30). The lowest BCUT2D eigenvalue weighted by Crippen LogP contribution is -2.15. The fourth-order valence-electron chi connectivity index (χ4n) is 3.20. The van der Waals surface area contributed by atoms with Crippen LogP contribution in [0.4, 0.5) is 18.9 Å². The van der Waals surface area contributed by atoms with E-state index in [2.05, 4.69) is 10.3 Å². The molecule has 1 heterocycles. The molecule has 5 nitrogen and oxygen atoms in total. The Labute approximate surface area is 186 Å². The number of anilines is 1. The van der Waals surface area contributed by atoms with Gasteiger partial charge in [0.15, 0.2) is 0 Å². The highest BCUT2D eigenvalue weighted by atomic mass is 32.2. The summed E-state index contributed by atoms with van der Waals surface area (Å²) in [6.45, 7) is 0. The van der Waals surface area contributed by atoms with Gasteiger partial charge in [-0.05, 0) is 48.5 Å². The number of alkyl halides is 3. The van der Waals surface area contributed by atoms with Crippen molar-refractivity contribution in [2.24, 2.45) is 0 Å². The second-order valence-electron chi connectivity index (χ2n) is 6.82. The quantitative estimate of drug-likeness (QED) is 0.373. The second kappa shape index (κ2) is 8.96. The summed E-state index contributed by atoms with van der Waals surface area (Å²) >= 11 is 1.40. The maximum atomic E-state index is 13.7. The van der Waals surface area contributed by atoms with Crippen LogP contribution in [0.2, 0.25) is 0 Å². The van der Waals surface area contributed by atoms with Gasteiger partial charge in [-0.15, -0.1) is 11.8 Å². The Morgan fingerprint density at radius 1 is 1.06 bits per heavy atom. The van der Waals surface area contributed by atoms with Crippen LogP contribution in [0.3, 0.4) is 0 Å². The predicted octanol–water partition coefficient (Wildman–Crippen LogP) is 5.78. The SMILES string of the molecule is COc1ccc2c(c1)nc(C(F)(F)F)n2-c1ccc(NC(=O)CSc2ccccc2)cc1. The van der Waals surface area contributed by atoms with E-state index in [-0.39, 0.29) is 22.9 Å². The Hall–Kier alpha value is -3.46. The summed E-state index contributed by atoms with van der Waals surface area (Å²) in [5.41, 5.74) is 1.25. The number of nitrogens with zero attached hydrogens (tertiary/aromatic N) is 2. The predicted molar refractivity (Wildman–Crippen MR) is 118 cm³/mol. The molecule has 0 unspecified atom stereocenters. The van der Waals surface area contributed by atoms with Crippen molar-refractivity contribution < 1.29 is 22.7 Å². The van der Waals surface area contributed by atoms with Crippen LogP contribution >= 0.6 is 11.8 Å². The van der Waals surface area contributed by atoms with Crippen molar-refractivity contribution in [3.8, 4) is 11.4 Å².